The first kappa shape index (κ1) is 20.3. The Bertz CT molecular complexity index is 974. The van der Waals surface area contributed by atoms with Gasteiger partial charge in [0.25, 0.3) is 5.91 Å². The van der Waals surface area contributed by atoms with E-state index in [0.717, 1.165) is 16.0 Å². The van der Waals surface area contributed by atoms with Gasteiger partial charge in [0.15, 0.2) is 8.69 Å². The summed E-state index contributed by atoms with van der Waals surface area (Å²) in [7, 11) is -1.31. The van der Waals surface area contributed by atoms with Crippen LogP contribution in [-0.2, 0) is 14.7 Å². The highest BCUT2D eigenvalue weighted by Crippen LogP contribution is 2.33. The number of amides is 1. The first-order valence-corrected chi connectivity index (χ1v) is 10.8. The van der Waals surface area contributed by atoms with Crippen molar-refractivity contribution < 1.29 is 13.9 Å². The first-order valence-electron chi connectivity index (χ1n) is 8.93. The van der Waals surface area contributed by atoms with Crippen molar-refractivity contribution in [3.05, 3.63) is 71.1 Å². The maximum atomic E-state index is 12.7. The number of carbonyl (C=O) groups is 1. The fourth-order valence-corrected chi connectivity index (χ4v) is 4.13. The Hall–Kier alpha value is -2.40. The highest BCUT2D eigenvalue weighted by molar-refractivity contribution is 7.17. The summed E-state index contributed by atoms with van der Waals surface area (Å²) in [6.07, 6.45) is 0.680. The van der Waals surface area contributed by atoms with Gasteiger partial charge in [0.2, 0.25) is 0 Å². The summed E-state index contributed by atoms with van der Waals surface area (Å²) < 4.78 is 16.4. The maximum absolute atomic E-state index is 12.7. The van der Waals surface area contributed by atoms with Gasteiger partial charge in [-0.1, -0.05) is 31.2 Å². The van der Waals surface area contributed by atoms with Crippen molar-refractivity contribution in [3.8, 4) is 10.4 Å². The minimum Gasteiger partial charge on any atom is -0.397 e. The second kappa shape index (κ2) is 8.74. The summed E-state index contributed by atoms with van der Waals surface area (Å²) in [5.74, 6) is -0.241. The number of nitrogens with two attached hydrogens (primary N) is 1. The van der Waals surface area contributed by atoms with Crippen LogP contribution in [0.1, 0.15) is 36.2 Å². The molecule has 28 heavy (non-hydrogen) atoms. The Kier molecular flexibility index (Phi) is 6.35. The minimum atomic E-state index is -1.31. The molecule has 1 amide bonds. The Labute approximate surface area is 169 Å². The van der Waals surface area contributed by atoms with E-state index >= 15 is 0 Å². The molecule has 0 aliphatic heterocycles. The Morgan fingerprint density at radius 3 is 2.57 bits per heavy atom. The molecule has 0 spiro atoms. The standard InChI is InChI=1S/C21H23N2O3PS/c1-3-21(2,26-27-25)16-9-6-14(7-10-16)20(24)23-18-13-15(8-11-17(18)22)19-5-4-12-28-19/h4-13H,3,22,27H2,1-2H3,(H,23,24). The smallest absolute Gasteiger partial charge is 0.255 e. The lowest BCUT2D eigenvalue weighted by Gasteiger charge is -2.26. The number of carbonyl (C=O) groups excluding carboxylic acids is 1. The highest BCUT2D eigenvalue weighted by Gasteiger charge is 2.25. The number of anilines is 2. The van der Waals surface area contributed by atoms with Gasteiger partial charge in [0.1, 0.15) is 0 Å². The summed E-state index contributed by atoms with van der Waals surface area (Å²) in [6.45, 7) is 3.86. The molecule has 0 radical (unpaired) electrons. The van der Waals surface area contributed by atoms with Crippen molar-refractivity contribution in [2.45, 2.75) is 25.9 Å². The Morgan fingerprint density at radius 2 is 1.96 bits per heavy atom. The molecule has 5 nitrogen and oxygen atoms in total. The summed E-state index contributed by atoms with van der Waals surface area (Å²) in [5.41, 5.74) is 8.92. The molecule has 0 aliphatic rings. The van der Waals surface area contributed by atoms with Crippen molar-refractivity contribution in [2.75, 3.05) is 11.1 Å². The molecule has 3 rings (SSSR count). The van der Waals surface area contributed by atoms with Crippen molar-refractivity contribution >= 4 is 37.3 Å². The number of benzene rings is 2. The SMILES string of the molecule is CCC(C)(O[PH2]=O)c1ccc(C(=O)Nc2cc(-c3cccs3)ccc2N)cc1. The zero-order chi connectivity index (χ0) is 20.1. The molecule has 2 aromatic carbocycles. The van der Waals surface area contributed by atoms with Crippen molar-refractivity contribution in [1.29, 1.82) is 0 Å². The van der Waals surface area contributed by atoms with Gasteiger partial charge in [-0.05, 0) is 60.2 Å². The third-order valence-electron chi connectivity index (χ3n) is 4.85. The number of thiophene rings is 1. The second-order valence-corrected chi connectivity index (χ2v) is 7.99. The quantitative estimate of drug-likeness (QED) is 0.392. The van der Waals surface area contributed by atoms with E-state index in [1.165, 1.54) is 0 Å². The van der Waals surface area contributed by atoms with Crippen LogP contribution in [0, 0.1) is 0 Å². The van der Waals surface area contributed by atoms with Crippen LogP contribution in [0.3, 0.4) is 0 Å². The fraction of sp³-hybridized carbons (Fsp3) is 0.190. The van der Waals surface area contributed by atoms with E-state index < -0.39 is 14.3 Å². The van der Waals surface area contributed by atoms with E-state index in [-0.39, 0.29) is 5.91 Å². The van der Waals surface area contributed by atoms with E-state index in [0.29, 0.717) is 23.4 Å². The topological polar surface area (TPSA) is 81.4 Å². The van der Waals surface area contributed by atoms with Crippen LogP contribution in [0.2, 0.25) is 0 Å². The minimum absolute atomic E-state index is 0.241. The number of hydrogen-bond acceptors (Lipinski definition) is 5. The van der Waals surface area contributed by atoms with Gasteiger partial charge in [-0.15, -0.1) is 11.3 Å². The molecular formula is C21H23N2O3PS. The number of hydrogen-bond donors (Lipinski definition) is 2. The molecule has 3 aromatic rings. The van der Waals surface area contributed by atoms with Gasteiger partial charge >= 0.3 is 0 Å². The largest absolute Gasteiger partial charge is 0.397 e. The number of rotatable bonds is 7. The zero-order valence-corrected chi connectivity index (χ0v) is 17.7. The Morgan fingerprint density at radius 1 is 1.21 bits per heavy atom. The van der Waals surface area contributed by atoms with Crippen LogP contribution in [0.5, 0.6) is 0 Å². The van der Waals surface area contributed by atoms with E-state index in [1.54, 1.807) is 29.5 Å². The highest BCUT2D eigenvalue weighted by atomic mass is 32.1. The van der Waals surface area contributed by atoms with E-state index in [4.69, 9.17) is 10.3 Å². The van der Waals surface area contributed by atoms with E-state index in [1.807, 2.05) is 55.6 Å². The summed E-state index contributed by atoms with van der Waals surface area (Å²) in [6, 6.07) is 16.8. The van der Waals surface area contributed by atoms with Gasteiger partial charge in [0, 0.05) is 10.4 Å². The molecule has 2 unspecified atom stereocenters. The third-order valence-corrected chi connectivity index (χ3v) is 6.38. The second-order valence-electron chi connectivity index (χ2n) is 6.61. The van der Waals surface area contributed by atoms with Crippen molar-refractivity contribution in [3.63, 3.8) is 0 Å². The van der Waals surface area contributed by atoms with Gasteiger partial charge in [0.05, 0.1) is 17.0 Å². The van der Waals surface area contributed by atoms with Gasteiger partial charge < -0.3 is 15.6 Å². The van der Waals surface area contributed by atoms with Crippen molar-refractivity contribution in [2.24, 2.45) is 0 Å². The monoisotopic (exact) mass is 414 g/mol. The third kappa shape index (κ3) is 4.36. The maximum Gasteiger partial charge on any atom is 0.255 e. The molecule has 1 aromatic heterocycles. The lowest BCUT2D eigenvalue weighted by atomic mass is 9.92. The molecular weight excluding hydrogens is 391 g/mol. The number of nitrogen functional groups attached to an aromatic ring is 1. The molecule has 2 atom stereocenters. The van der Waals surface area contributed by atoms with Gasteiger partial charge in [-0.25, -0.2) is 0 Å². The molecule has 0 saturated heterocycles. The predicted octanol–water partition coefficient (Wildman–Crippen LogP) is 5.56. The first-order chi connectivity index (χ1) is 13.5. The lowest BCUT2D eigenvalue weighted by molar-refractivity contribution is 0.0991. The molecule has 0 fully saturated rings. The van der Waals surface area contributed by atoms with E-state index in [9.17, 15) is 9.36 Å². The Balaban J connectivity index is 1.80. The van der Waals surface area contributed by atoms with Crippen LogP contribution in [0.25, 0.3) is 10.4 Å². The van der Waals surface area contributed by atoms with Crippen LogP contribution in [-0.4, -0.2) is 5.91 Å². The van der Waals surface area contributed by atoms with Crippen LogP contribution in [0.15, 0.2) is 60.0 Å². The van der Waals surface area contributed by atoms with Crippen molar-refractivity contribution in [1.82, 2.24) is 0 Å². The zero-order valence-electron chi connectivity index (χ0n) is 15.8. The molecule has 0 bridgehead atoms. The summed E-state index contributed by atoms with van der Waals surface area (Å²) in [5, 5.41) is 4.90. The molecule has 0 saturated carbocycles. The fourth-order valence-electron chi connectivity index (χ4n) is 2.89. The predicted molar refractivity (Wildman–Crippen MR) is 118 cm³/mol. The average molecular weight is 414 g/mol. The number of nitrogens with one attached hydrogen (secondary N) is 1. The molecule has 7 heteroatoms. The molecule has 0 aliphatic carbocycles. The normalized spacial score (nSPS) is 13.5. The summed E-state index contributed by atoms with van der Waals surface area (Å²) >= 11 is 1.63. The van der Waals surface area contributed by atoms with Crippen LogP contribution >= 0.6 is 20.0 Å². The van der Waals surface area contributed by atoms with Gasteiger partial charge in [-0.2, -0.15) is 0 Å². The van der Waals surface area contributed by atoms with Crippen LogP contribution < -0.4 is 11.1 Å². The molecule has 146 valence electrons. The molecule has 3 N–H and O–H groups in total. The molecule has 1 heterocycles. The average Bonchev–Trinajstić information content (AvgIpc) is 3.24. The van der Waals surface area contributed by atoms with E-state index in [2.05, 4.69) is 5.32 Å². The van der Waals surface area contributed by atoms with Gasteiger partial charge in [-0.3, -0.25) is 9.36 Å². The lowest BCUT2D eigenvalue weighted by Crippen LogP contribution is -2.21. The summed E-state index contributed by atoms with van der Waals surface area (Å²) in [4.78, 5) is 13.8. The van der Waals surface area contributed by atoms with Crippen LogP contribution in [0.4, 0.5) is 11.4 Å².